The van der Waals surface area contributed by atoms with Crippen LogP contribution in [0.4, 0.5) is 0 Å². The highest BCUT2D eigenvalue weighted by molar-refractivity contribution is 5.77. The third-order valence-corrected chi connectivity index (χ3v) is 5.05. The van der Waals surface area contributed by atoms with Gasteiger partial charge in [0.25, 0.3) is 0 Å². The van der Waals surface area contributed by atoms with Gasteiger partial charge in [-0.2, -0.15) is 5.26 Å². The summed E-state index contributed by atoms with van der Waals surface area (Å²) in [5.74, 6) is -1.45. The maximum absolute atomic E-state index is 12.1. The second kappa shape index (κ2) is 11.5. The summed E-state index contributed by atoms with van der Waals surface area (Å²) in [7, 11) is 0. The second-order valence-corrected chi connectivity index (χ2v) is 7.34. The van der Waals surface area contributed by atoms with Crippen LogP contribution in [0.15, 0.2) is 0 Å². The summed E-state index contributed by atoms with van der Waals surface area (Å²) < 4.78 is 5.35. The van der Waals surface area contributed by atoms with Crippen LogP contribution in [0.5, 0.6) is 0 Å². The highest BCUT2D eigenvalue weighted by atomic mass is 16.5. The van der Waals surface area contributed by atoms with Crippen molar-refractivity contribution in [2.45, 2.75) is 78.9 Å². The average molecular weight is 367 g/mol. The quantitative estimate of drug-likeness (QED) is 0.382. The highest BCUT2D eigenvalue weighted by Gasteiger charge is 2.38. The lowest BCUT2D eigenvalue weighted by atomic mass is 9.68. The third-order valence-electron chi connectivity index (χ3n) is 5.05. The first-order valence-corrected chi connectivity index (χ1v) is 9.21. The maximum atomic E-state index is 12.1. The van der Waals surface area contributed by atoms with E-state index < -0.39 is 23.2 Å². The predicted molar refractivity (Wildman–Crippen MR) is 98.5 cm³/mol. The first-order chi connectivity index (χ1) is 12.1. The Morgan fingerprint density at radius 1 is 1.35 bits per heavy atom. The second-order valence-electron chi connectivity index (χ2n) is 7.34. The summed E-state index contributed by atoms with van der Waals surface area (Å²) in [6.07, 6.45) is 2.59. The van der Waals surface area contributed by atoms with Gasteiger partial charge >= 0.3 is 5.97 Å². The Bertz CT molecular complexity index is 517. The van der Waals surface area contributed by atoms with Gasteiger partial charge in [-0.05, 0) is 39.5 Å². The normalized spacial score (nSPS) is 17.7. The van der Waals surface area contributed by atoms with Crippen LogP contribution < -0.4 is 11.1 Å². The molecular formula is C19H33N3O4. The Morgan fingerprint density at radius 3 is 2.42 bits per heavy atom. The van der Waals surface area contributed by atoms with Crippen LogP contribution in [-0.4, -0.2) is 30.4 Å². The minimum Gasteiger partial charge on any atom is -0.463 e. The molecule has 0 spiro atoms. The lowest BCUT2D eigenvalue weighted by Crippen LogP contribution is -2.38. The van der Waals surface area contributed by atoms with E-state index in [1.807, 2.05) is 20.8 Å². The van der Waals surface area contributed by atoms with Crippen LogP contribution in [-0.2, 0) is 19.1 Å². The predicted octanol–water partition coefficient (Wildman–Crippen LogP) is 2.29. The van der Waals surface area contributed by atoms with E-state index in [0.29, 0.717) is 25.7 Å². The monoisotopic (exact) mass is 367 g/mol. The fraction of sp³-hybridized carbons (Fsp3) is 0.789. The summed E-state index contributed by atoms with van der Waals surface area (Å²) in [6.45, 7) is 9.15. The maximum Gasteiger partial charge on any atom is 0.306 e. The number of nitrogens with two attached hydrogens (primary N) is 1. The number of rotatable bonds is 13. The molecule has 7 heteroatoms. The van der Waals surface area contributed by atoms with Crippen LogP contribution in [0.25, 0.3) is 0 Å². The van der Waals surface area contributed by atoms with Crippen molar-refractivity contribution >= 4 is 18.3 Å². The number of carbonyl (C=O) groups is 3. The first kappa shape index (κ1) is 23.9. The van der Waals surface area contributed by atoms with Crippen molar-refractivity contribution in [3.63, 3.8) is 0 Å². The lowest BCUT2D eigenvalue weighted by Gasteiger charge is -2.33. The van der Waals surface area contributed by atoms with Gasteiger partial charge in [0.05, 0.1) is 11.5 Å². The van der Waals surface area contributed by atoms with E-state index in [-0.39, 0.29) is 24.5 Å². The molecule has 7 nitrogen and oxygen atoms in total. The molecule has 0 aliphatic rings. The molecule has 0 aromatic carbocycles. The third kappa shape index (κ3) is 7.85. The van der Waals surface area contributed by atoms with E-state index in [1.54, 1.807) is 13.8 Å². The van der Waals surface area contributed by atoms with Crippen LogP contribution in [0.3, 0.4) is 0 Å². The Morgan fingerprint density at radius 2 is 1.96 bits per heavy atom. The number of primary amides is 1. The number of nitriles is 1. The topological polar surface area (TPSA) is 122 Å². The minimum absolute atomic E-state index is 0.0891. The van der Waals surface area contributed by atoms with Gasteiger partial charge in [0.15, 0.2) is 0 Å². The summed E-state index contributed by atoms with van der Waals surface area (Å²) in [5.41, 5.74) is 4.65. The molecule has 0 aromatic rings. The van der Waals surface area contributed by atoms with Crippen molar-refractivity contribution in [3.8, 4) is 6.07 Å². The smallest absolute Gasteiger partial charge is 0.306 e. The molecule has 0 saturated carbocycles. The van der Waals surface area contributed by atoms with Crippen molar-refractivity contribution in [2.24, 2.45) is 23.0 Å². The van der Waals surface area contributed by atoms with E-state index in [2.05, 4.69) is 11.4 Å². The lowest BCUT2D eigenvalue weighted by molar-refractivity contribution is -0.149. The van der Waals surface area contributed by atoms with E-state index in [1.165, 1.54) is 0 Å². The van der Waals surface area contributed by atoms with Gasteiger partial charge in [0.2, 0.25) is 12.3 Å². The number of nitrogens with one attached hydrogen (secondary N) is 1. The molecule has 3 N–H and O–H groups in total. The highest BCUT2D eigenvalue weighted by Crippen LogP contribution is 2.38. The fourth-order valence-electron chi connectivity index (χ4n) is 3.15. The van der Waals surface area contributed by atoms with Gasteiger partial charge in [0.1, 0.15) is 6.10 Å². The number of esters is 1. The van der Waals surface area contributed by atoms with Crippen molar-refractivity contribution in [1.29, 1.82) is 5.26 Å². The molecule has 0 heterocycles. The van der Waals surface area contributed by atoms with Gasteiger partial charge in [-0.25, -0.2) is 0 Å². The number of amides is 2. The van der Waals surface area contributed by atoms with Crippen molar-refractivity contribution in [2.75, 3.05) is 0 Å². The SMILES string of the molecule is CCCC(C(N)=O)C(C)C(C)(C#N)CCC(=O)OC(C)CC(C)NC=O. The largest absolute Gasteiger partial charge is 0.463 e. The molecule has 0 rings (SSSR count). The van der Waals surface area contributed by atoms with Gasteiger partial charge in [-0.1, -0.05) is 20.3 Å². The molecule has 5 unspecified atom stereocenters. The molecule has 0 aliphatic heterocycles. The van der Waals surface area contributed by atoms with E-state index in [9.17, 15) is 19.6 Å². The van der Waals surface area contributed by atoms with Crippen LogP contribution >= 0.6 is 0 Å². The van der Waals surface area contributed by atoms with Gasteiger partial charge in [0, 0.05) is 24.8 Å². The van der Waals surface area contributed by atoms with Gasteiger partial charge in [-0.3, -0.25) is 14.4 Å². The molecule has 5 atom stereocenters. The molecule has 0 saturated heterocycles. The number of nitrogens with zero attached hydrogens (tertiary/aromatic N) is 1. The Labute approximate surface area is 156 Å². The average Bonchev–Trinajstić information content (AvgIpc) is 2.56. The Hall–Kier alpha value is -2.10. The molecule has 2 amide bonds. The van der Waals surface area contributed by atoms with E-state index >= 15 is 0 Å². The van der Waals surface area contributed by atoms with E-state index in [0.717, 1.165) is 6.42 Å². The van der Waals surface area contributed by atoms with Crippen LogP contribution in [0.2, 0.25) is 0 Å². The zero-order valence-electron chi connectivity index (χ0n) is 16.6. The number of hydrogen-bond donors (Lipinski definition) is 2. The van der Waals surface area contributed by atoms with Gasteiger partial charge < -0.3 is 15.8 Å². The van der Waals surface area contributed by atoms with Crippen molar-refractivity contribution < 1.29 is 19.1 Å². The summed E-state index contributed by atoms with van der Waals surface area (Å²) in [5, 5.41) is 12.2. The first-order valence-electron chi connectivity index (χ1n) is 9.21. The van der Waals surface area contributed by atoms with Crippen LogP contribution in [0, 0.1) is 28.6 Å². The number of hydrogen-bond acceptors (Lipinski definition) is 5. The molecular weight excluding hydrogens is 334 g/mol. The zero-order valence-corrected chi connectivity index (χ0v) is 16.6. The number of carbonyl (C=O) groups excluding carboxylic acids is 3. The van der Waals surface area contributed by atoms with Gasteiger partial charge in [-0.15, -0.1) is 0 Å². The summed E-state index contributed by atoms with van der Waals surface area (Å²) in [6, 6.07) is 2.17. The molecule has 0 bridgehead atoms. The molecule has 0 aromatic heterocycles. The van der Waals surface area contributed by atoms with Crippen LogP contribution in [0.1, 0.15) is 66.7 Å². The van der Waals surface area contributed by atoms with Crippen molar-refractivity contribution in [3.05, 3.63) is 0 Å². The van der Waals surface area contributed by atoms with Crippen molar-refractivity contribution in [1.82, 2.24) is 5.32 Å². The summed E-state index contributed by atoms with van der Waals surface area (Å²) in [4.78, 5) is 34.2. The fourth-order valence-corrected chi connectivity index (χ4v) is 3.15. The zero-order chi connectivity index (χ0) is 20.3. The summed E-state index contributed by atoms with van der Waals surface area (Å²) >= 11 is 0. The molecule has 0 aliphatic carbocycles. The van der Waals surface area contributed by atoms with E-state index in [4.69, 9.17) is 10.5 Å². The molecule has 26 heavy (non-hydrogen) atoms. The Balaban J connectivity index is 4.75. The standard InChI is InChI=1S/C19H33N3O4/c1-6-7-16(18(21)25)15(4)19(5,11-20)9-8-17(24)26-14(3)10-13(2)22-12-23/h12-16H,6-10H2,1-5H3,(H2,21,25)(H,22,23). The molecule has 148 valence electrons. The molecule has 0 radical (unpaired) electrons. The molecule has 0 fully saturated rings. The minimum atomic E-state index is -0.844. The number of ether oxygens (including phenoxy) is 1. The Kier molecular flexibility index (Phi) is 10.6.